The number of rotatable bonds is 4. The third-order valence-corrected chi connectivity index (χ3v) is 4.83. The zero-order valence-electron chi connectivity index (χ0n) is 12.0. The summed E-state index contributed by atoms with van der Waals surface area (Å²) < 4.78 is 2.19. The van der Waals surface area contributed by atoms with Crippen LogP contribution in [0.2, 0.25) is 10.0 Å². The molecule has 1 heterocycles. The lowest BCUT2D eigenvalue weighted by atomic mass is 10.1. The van der Waals surface area contributed by atoms with Crippen molar-refractivity contribution in [1.82, 2.24) is 9.55 Å². The summed E-state index contributed by atoms with van der Waals surface area (Å²) in [5.41, 5.74) is 3.28. The van der Waals surface area contributed by atoms with E-state index in [1.54, 1.807) is 11.8 Å². The first-order valence-corrected chi connectivity index (χ1v) is 8.76. The Hall–Kier alpha value is -1.42. The monoisotopic (exact) mass is 348 g/mol. The van der Waals surface area contributed by atoms with Crippen LogP contribution in [-0.4, -0.2) is 15.8 Å². The summed E-state index contributed by atoms with van der Waals surface area (Å²) >= 11 is 13.8. The van der Waals surface area contributed by atoms with Crippen molar-refractivity contribution < 1.29 is 0 Å². The molecule has 0 saturated heterocycles. The third kappa shape index (κ3) is 3.17. The molecule has 0 radical (unpaired) electrons. The van der Waals surface area contributed by atoms with Crippen molar-refractivity contribution in [3.8, 4) is 11.3 Å². The average Bonchev–Trinajstić information content (AvgIpc) is 2.94. The van der Waals surface area contributed by atoms with Crippen LogP contribution in [0.3, 0.4) is 0 Å². The number of benzene rings is 2. The highest BCUT2D eigenvalue weighted by Gasteiger charge is 2.12. The lowest BCUT2D eigenvalue weighted by Crippen LogP contribution is -2.03. The van der Waals surface area contributed by atoms with E-state index in [2.05, 4.69) is 21.7 Å². The summed E-state index contributed by atoms with van der Waals surface area (Å²) in [6.07, 6.45) is 3.91. The Morgan fingerprint density at radius 2 is 1.82 bits per heavy atom. The SMILES string of the molecule is CSc1ncc(-c2ccc(Cl)c(Cl)c2)n1Cc1ccccc1. The Bertz CT molecular complexity index is 785. The maximum atomic E-state index is 6.15. The van der Waals surface area contributed by atoms with Gasteiger partial charge in [0, 0.05) is 5.56 Å². The van der Waals surface area contributed by atoms with Gasteiger partial charge in [-0.25, -0.2) is 4.98 Å². The van der Waals surface area contributed by atoms with E-state index >= 15 is 0 Å². The molecule has 0 saturated carbocycles. The predicted molar refractivity (Wildman–Crippen MR) is 95.0 cm³/mol. The maximum absolute atomic E-state index is 6.15. The molecule has 2 nitrogen and oxygen atoms in total. The van der Waals surface area contributed by atoms with Crippen molar-refractivity contribution in [2.75, 3.05) is 6.26 Å². The Labute approximate surface area is 144 Å². The van der Waals surface area contributed by atoms with Crippen LogP contribution in [0.25, 0.3) is 11.3 Å². The minimum atomic E-state index is 0.553. The fraction of sp³-hybridized carbons (Fsp3) is 0.118. The predicted octanol–water partition coefficient (Wildman–Crippen LogP) is 5.63. The van der Waals surface area contributed by atoms with E-state index < -0.39 is 0 Å². The minimum absolute atomic E-state index is 0.553. The molecule has 0 aliphatic rings. The molecule has 22 heavy (non-hydrogen) atoms. The fourth-order valence-electron chi connectivity index (χ4n) is 2.33. The first-order chi connectivity index (χ1) is 10.7. The molecule has 0 amide bonds. The van der Waals surface area contributed by atoms with Crippen molar-refractivity contribution in [2.24, 2.45) is 0 Å². The Kier molecular flexibility index (Phi) is 4.77. The smallest absolute Gasteiger partial charge is 0.168 e. The minimum Gasteiger partial charge on any atom is -0.314 e. The number of aromatic nitrogens is 2. The summed E-state index contributed by atoms with van der Waals surface area (Å²) in [6.45, 7) is 0.770. The standard InChI is InChI=1S/C17H14Cl2N2S/c1-22-17-20-10-16(13-7-8-14(18)15(19)9-13)21(17)11-12-5-3-2-4-6-12/h2-10H,11H2,1H3. The topological polar surface area (TPSA) is 17.8 Å². The van der Waals surface area contributed by atoms with Gasteiger partial charge >= 0.3 is 0 Å². The number of thioether (sulfide) groups is 1. The van der Waals surface area contributed by atoms with Crippen molar-refractivity contribution in [2.45, 2.75) is 11.7 Å². The van der Waals surface area contributed by atoms with Gasteiger partial charge in [-0.1, -0.05) is 71.4 Å². The molecule has 2 aromatic carbocycles. The normalized spacial score (nSPS) is 10.9. The maximum Gasteiger partial charge on any atom is 0.168 e. The molecule has 1 aromatic heterocycles. The first-order valence-electron chi connectivity index (χ1n) is 6.78. The van der Waals surface area contributed by atoms with Crippen LogP contribution in [0.5, 0.6) is 0 Å². The lowest BCUT2D eigenvalue weighted by Gasteiger charge is -2.12. The molecule has 0 N–H and O–H groups in total. The van der Waals surface area contributed by atoms with Gasteiger partial charge in [0.05, 0.1) is 28.5 Å². The highest BCUT2D eigenvalue weighted by Crippen LogP contribution is 2.31. The molecule has 0 aliphatic heterocycles. The summed E-state index contributed by atoms with van der Waals surface area (Å²) in [6, 6.07) is 16.0. The van der Waals surface area contributed by atoms with Gasteiger partial charge in [-0.3, -0.25) is 0 Å². The summed E-state index contributed by atoms with van der Waals surface area (Å²) in [5.74, 6) is 0. The molecule has 3 rings (SSSR count). The van der Waals surface area contributed by atoms with Gasteiger partial charge in [0.1, 0.15) is 0 Å². The number of halogens is 2. The van der Waals surface area contributed by atoms with Crippen LogP contribution < -0.4 is 0 Å². The Balaban J connectivity index is 2.05. The van der Waals surface area contributed by atoms with Gasteiger partial charge in [-0.05, 0) is 24.0 Å². The van der Waals surface area contributed by atoms with Crippen LogP contribution in [0.15, 0.2) is 59.9 Å². The van der Waals surface area contributed by atoms with E-state index in [1.165, 1.54) is 5.56 Å². The van der Waals surface area contributed by atoms with E-state index in [9.17, 15) is 0 Å². The van der Waals surface area contributed by atoms with Crippen LogP contribution in [0, 0.1) is 0 Å². The molecule has 0 bridgehead atoms. The van der Waals surface area contributed by atoms with E-state index in [1.807, 2.05) is 48.9 Å². The molecule has 3 aromatic rings. The van der Waals surface area contributed by atoms with Gasteiger partial charge in [0.2, 0.25) is 0 Å². The summed E-state index contributed by atoms with van der Waals surface area (Å²) in [4.78, 5) is 4.51. The number of imidazole rings is 1. The second-order valence-corrected chi connectivity index (χ2v) is 6.42. The molecule has 0 aliphatic carbocycles. The van der Waals surface area contributed by atoms with Gasteiger partial charge in [-0.15, -0.1) is 0 Å². The van der Waals surface area contributed by atoms with Crippen molar-refractivity contribution in [1.29, 1.82) is 0 Å². The molecular formula is C17H14Cl2N2S. The molecule has 0 fully saturated rings. The molecule has 112 valence electrons. The van der Waals surface area contributed by atoms with Crippen molar-refractivity contribution >= 4 is 35.0 Å². The van der Waals surface area contributed by atoms with Gasteiger partial charge < -0.3 is 4.57 Å². The van der Waals surface area contributed by atoms with Crippen LogP contribution >= 0.6 is 35.0 Å². The quantitative estimate of drug-likeness (QED) is 0.568. The van der Waals surface area contributed by atoms with Crippen molar-refractivity contribution in [3.05, 3.63) is 70.3 Å². The largest absolute Gasteiger partial charge is 0.314 e. The highest BCUT2D eigenvalue weighted by atomic mass is 35.5. The summed E-state index contributed by atoms with van der Waals surface area (Å²) in [7, 11) is 0. The summed E-state index contributed by atoms with van der Waals surface area (Å²) in [5, 5.41) is 2.09. The first kappa shape index (κ1) is 15.5. The molecule has 5 heteroatoms. The zero-order valence-corrected chi connectivity index (χ0v) is 14.3. The Morgan fingerprint density at radius 1 is 1.05 bits per heavy atom. The van der Waals surface area contributed by atoms with Gasteiger partial charge in [0.25, 0.3) is 0 Å². The molecule has 0 unspecified atom stereocenters. The van der Waals surface area contributed by atoms with Crippen LogP contribution in [0.4, 0.5) is 0 Å². The van der Waals surface area contributed by atoms with E-state index in [-0.39, 0.29) is 0 Å². The van der Waals surface area contributed by atoms with E-state index in [0.717, 1.165) is 23.0 Å². The van der Waals surface area contributed by atoms with Crippen LogP contribution in [0.1, 0.15) is 5.56 Å². The number of hydrogen-bond donors (Lipinski definition) is 0. The van der Waals surface area contributed by atoms with Gasteiger partial charge in [0.15, 0.2) is 5.16 Å². The second-order valence-electron chi connectivity index (χ2n) is 4.83. The van der Waals surface area contributed by atoms with Gasteiger partial charge in [-0.2, -0.15) is 0 Å². The molecule has 0 atom stereocenters. The van der Waals surface area contributed by atoms with E-state index in [0.29, 0.717) is 10.0 Å². The van der Waals surface area contributed by atoms with Crippen molar-refractivity contribution in [3.63, 3.8) is 0 Å². The fourth-order valence-corrected chi connectivity index (χ4v) is 3.17. The zero-order chi connectivity index (χ0) is 15.5. The highest BCUT2D eigenvalue weighted by molar-refractivity contribution is 7.98. The number of hydrogen-bond acceptors (Lipinski definition) is 2. The average molecular weight is 349 g/mol. The number of nitrogens with zero attached hydrogens (tertiary/aromatic N) is 2. The third-order valence-electron chi connectivity index (χ3n) is 3.40. The van der Waals surface area contributed by atoms with E-state index in [4.69, 9.17) is 23.2 Å². The molecular weight excluding hydrogens is 335 g/mol. The Morgan fingerprint density at radius 3 is 2.50 bits per heavy atom. The lowest BCUT2D eigenvalue weighted by molar-refractivity contribution is 0.716. The second kappa shape index (κ2) is 6.78. The van der Waals surface area contributed by atoms with Crippen LogP contribution in [-0.2, 0) is 6.54 Å². The molecule has 0 spiro atoms.